The first kappa shape index (κ1) is 11.8. The van der Waals surface area contributed by atoms with Gasteiger partial charge in [-0.2, -0.15) is 0 Å². The summed E-state index contributed by atoms with van der Waals surface area (Å²) in [6.07, 6.45) is 5.23. The molecule has 0 saturated carbocycles. The van der Waals surface area contributed by atoms with E-state index >= 15 is 0 Å². The number of rotatable bonds is 5. The van der Waals surface area contributed by atoms with Gasteiger partial charge in [0.05, 0.1) is 13.5 Å². The van der Waals surface area contributed by atoms with Gasteiger partial charge in [0.2, 0.25) is 0 Å². The molecule has 1 unspecified atom stereocenters. The second-order valence-electron chi connectivity index (χ2n) is 3.52. The number of hydrogen-bond donors (Lipinski definition) is 1. The number of nitrogens with two attached hydrogens (primary N) is 1. The van der Waals surface area contributed by atoms with Crippen LogP contribution >= 0.6 is 0 Å². The van der Waals surface area contributed by atoms with Crippen molar-refractivity contribution in [2.75, 3.05) is 7.11 Å². The zero-order valence-electron chi connectivity index (χ0n) is 9.27. The van der Waals surface area contributed by atoms with Gasteiger partial charge in [-0.1, -0.05) is 6.92 Å². The molecule has 1 rings (SSSR count). The van der Waals surface area contributed by atoms with Gasteiger partial charge in [-0.25, -0.2) is 0 Å². The minimum absolute atomic E-state index is 0.0874. The van der Waals surface area contributed by atoms with Crippen molar-refractivity contribution in [2.45, 2.75) is 32.4 Å². The molecule has 0 amide bonds. The molecule has 1 heterocycles. The van der Waals surface area contributed by atoms with E-state index < -0.39 is 0 Å². The Balaban J connectivity index is 2.49. The summed E-state index contributed by atoms with van der Waals surface area (Å²) in [5, 5.41) is 0. The smallest absolute Gasteiger partial charge is 0.307 e. The highest BCUT2D eigenvalue weighted by Crippen LogP contribution is 2.13. The van der Waals surface area contributed by atoms with Gasteiger partial charge in [0, 0.05) is 25.0 Å². The van der Waals surface area contributed by atoms with Crippen molar-refractivity contribution < 1.29 is 9.53 Å². The number of carbonyl (C=O) groups excluding carboxylic acids is 1. The van der Waals surface area contributed by atoms with E-state index in [0.717, 1.165) is 12.0 Å². The Bertz CT molecular complexity index is 320. The van der Waals surface area contributed by atoms with Gasteiger partial charge in [-0.05, 0) is 18.1 Å². The first-order valence-electron chi connectivity index (χ1n) is 5.15. The van der Waals surface area contributed by atoms with Gasteiger partial charge < -0.3 is 15.0 Å². The summed E-state index contributed by atoms with van der Waals surface area (Å²) in [7, 11) is 1.40. The molecule has 1 aromatic rings. The second-order valence-corrected chi connectivity index (χ2v) is 3.52. The highest BCUT2D eigenvalue weighted by atomic mass is 16.5. The zero-order chi connectivity index (χ0) is 11.3. The Morgan fingerprint density at radius 3 is 3.00 bits per heavy atom. The molecule has 84 valence electrons. The highest BCUT2D eigenvalue weighted by molar-refractivity contribution is 5.68. The lowest BCUT2D eigenvalue weighted by molar-refractivity contribution is -0.140. The van der Waals surface area contributed by atoms with E-state index in [4.69, 9.17) is 5.73 Å². The van der Waals surface area contributed by atoms with Crippen molar-refractivity contribution >= 4 is 5.97 Å². The molecule has 0 aliphatic heterocycles. The Morgan fingerprint density at radius 1 is 1.67 bits per heavy atom. The number of aromatic nitrogens is 1. The van der Waals surface area contributed by atoms with Gasteiger partial charge in [0.25, 0.3) is 0 Å². The van der Waals surface area contributed by atoms with Gasteiger partial charge in [-0.15, -0.1) is 0 Å². The van der Waals surface area contributed by atoms with E-state index in [1.807, 2.05) is 23.0 Å². The Hall–Kier alpha value is -1.29. The van der Waals surface area contributed by atoms with Crippen LogP contribution in [0.1, 0.15) is 31.4 Å². The fraction of sp³-hybridized carbons (Fsp3) is 0.545. The highest BCUT2D eigenvalue weighted by Gasteiger charge is 2.06. The van der Waals surface area contributed by atoms with E-state index in [0.29, 0.717) is 13.0 Å². The first-order valence-corrected chi connectivity index (χ1v) is 5.15. The molecular weight excluding hydrogens is 192 g/mol. The molecule has 0 aliphatic rings. The quantitative estimate of drug-likeness (QED) is 0.748. The zero-order valence-corrected chi connectivity index (χ0v) is 9.27. The number of carbonyl (C=O) groups is 1. The molecular formula is C11H18N2O2. The fourth-order valence-electron chi connectivity index (χ4n) is 1.38. The maximum Gasteiger partial charge on any atom is 0.307 e. The van der Waals surface area contributed by atoms with E-state index in [1.165, 1.54) is 7.11 Å². The van der Waals surface area contributed by atoms with Crippen molar-refractivity contribution in [2.24, 2.45) is 5.73 Å². The minimum atomic E-state index is -0.190. The van der Waals surface area contributed by atoms with Crippen LogP contribution < -0.4 is 5.73 Å². The maximum atomic E-state index is 10.9. The summed E-state index contributed by atoms with van der Waals surface area (Å²) < 4.78 is 6.53. The maximum absolute atomic E-state index is 10.9. The third-order valence-corrected chi connectivity index (χ3v) is 2.44. The number of nitrogens with zero attached hydrogens (tertiary/aromatic N) is 1. The molecule has 0 aliphatic carbocycles. The molecule has 1 aromatic heterocycles. The predicted molar refractivity (Wildman–Crippen MR) is 58.3 cm³/mol. The topological polar surface area (TPSA) is 57.2 Å². The summed E-state index contributed by atoms with van der Waals surface area (Å²) in [6.45, 7) is 2.69. The summed E-state index contributed by atoms with van der Waals surface area (Å²) in [4.78, 5) is 10.9. The molecule has 4 heteroatoms. The molecule has 0 bridgehead atoms. The van der Waals surface area contributed by atoms with Crippen molar-refractivity contribution in [1.82, 2.24) is 4.57 Å². The fourth-order valence-corrected chi connectivity index (χ4v) is 1.38. The lowest BCUT2D eigenvalue weighted by atomic mass is 10.1. The van der Waals surface area contributed by atoms with E-state index in [-0.39, 0.29) is 12.0 Å². The average molecular weight is 210 g/mol. The van der Waals surface area contributed by atoms with Crippen LogP contribution in [0.25, 0.3) is 0 Å². The van der Waals surface area contributed by atoms with Crippen LogP contribution in [0.4, 0.5) is 0 Å². The molecule has 0 saturated heterocycles. The van der Waals surface area contributed by atoms with Crippen LogP contribution in [0.5, 0.6) is 0 Å². The van der Waals surface area contributed by atoms with Crippen molar-refractivity contribution in [3.8, 4) is 0 Å². The van der Waals surface area contributed by atoms with Crippen molar-refractivity contribution in [3.63, 3.8) is 0 Å². The Morgan fingerprint density at radius 2 is 2.40 bits per heavy atom. The Kier molecular flexibility index (Phi) is 4.37. The standard InChI is InChI=1S/C11H18N2O2/c1-3-10(12)9-4-6-13(8-9)7-5-11(14)15-2/h4,6,8,10H,3,5,7,12H2,1-2H3. The Labute approximate surface area is 90.0 Å². The van der Waals surface area contributed by atoms with Crippen LogP contribution in [0.15, 0.2) is 18.5 Å². The number of hydrogen-bond acceptors (Lipinski definition) is 3. The van der Waals surface area contributed by atoms with Gasteiger partial charge >= 0.3 is 5.97 Å². The molecule has 0 spiro atoms. The largest absolute Gasteiger partial charge is 0.469 e. The second kappa shape index (κ2) is 5.56. The van der Waals surface area contributed by atoms with Crippen LogP contribution in [0.2, 0.25) is 0 Å². The molecule has 0 fully saturated rings. The third-order valence-electron chi connectivity index (χ3n) is 2.44. The summed E-state index contributed by atoms with van der Waals surface area (Å²) in [5.41, 5.74) is 7.00. The minimum Gasteiger partial charge on any atom is -0.469 e. The summed E-state index contributed by atoms with van der Waals surface area (Å²) >= 11 is 0. The molecule has 15 heavy (non-hydrogen) atoms. The van der Waals surface area contributed by atoms with Crippen LogP contribution in [0, 0.1) is 0 Å². The first-order chi connectivity index (χ1) is 7.17. The molecule has 2 N–H and O–H groups in total. The van der Waals surface area contributed by atoms with Gasteiger partial charge in [0.1, 0.15) is 0 Å². The lowest BCUT2D eigenvalue weighted by Gasteiger charge is -2.05. The van der Waals surface area contributed by atoms with E-state index in [9.17, 15) is 4.79 Å². The summed E-state index contributed by atoms with van der Waals surface area (Å²) in [6, 6.07) is 2.08. The lowest BCUT2D eigenvalue weighted by Crippen LogP contribution is -2.08. The molecule has 0 aromatic carbocycles. The SMILES string of the molecule is CCC(N)c1ccn(CCC(=O)OC)c1. The average Bonchev–Trinajstić information content (AvgIpc) is 2.73. The number of esters is 1. The molecule has 4 nitrogen and oxygen atoms in total. The number of ether oxygens (including phenoxy) is 1. The van der Waals surface area contributed by atoms with Crippen LogP contribution in [0.3, 0.4) is 0 Å². The summed E-state index contributed by atoms with van der Waals surface area (Å²) in [5.74, 6) is -0.190. The normalized spacial score (nSPS) is 12.5. The number of methoxy groups -OCH3 is 1. The van der Waals surface area contributed by atoms with Gasteiger partial charge in [-0.3, -0.25) is 4.79 Å². The van der Waals surface area contributed by atoms with Gasteiger partial charge in [0.15, 0.2) is 0 Å². The van der Waals surface area contributed by atoms with Crippen molar-refractivity contribution in [1.29, 1.82) is 0 Å². The van der Waals surface area contributed by atoms with Crippen LogP contribution in [-0.2, 0) is 16.1 Å². The predicted octanol–water partition coefficient (Wildman–Crippen LogP) is 1.46. The number of aryl methyl sites for hydroxylation is 1. The monoisotopic (exact) mass is 210 g/mol. The van der Waals surface area contributed by atoms with E-state index in [1.54, 1.807) is 0 Å². The molecule has 0 radical (unpaired) electrons. The van der Waals surface area contributed by atoms with Crippen LogP contribution in [-0.4, -0.2) is 17.6 Å². The van der Waals surface area contributed by atoms with E-state index in [2.05, 4.69) is 11.7 Å². The third kappa shape index (κ3) is 3.40. The van der Waals surface area contributed by atoms with Crippen molar-refractivity contribution in [3.05, 3.63) is 24.0 Å². The molecule has 1 atom stereocenters.